The number of ether oxygens (including phenoxy) is 1. The first-order valence-corrected chi connectivity index (χ1v) is 11.0. The number of nitrogens with one attached hydrogen (secondary N) is 1. The van der Waals surface area contributed by atoms with Gasteiger partial charge in [0.05, 0.1) is 31.2 Å². The molecule has 1 saturated heterocycles. The van der Waals surface area contributed by atoms with Gasteiger partial charge in [0.2, 0.25) is 0 Å². The zero-order chi connectivity index (χ0) is 20.8. The van der Waals surface area contributed by atoms with E-state index in [1.807, 2.05) is 36.4 Å². The quantitative estimate of drug-likeness (QED) is 0.600. The fraction of sp³-hybridized carbons (Fsp3) is 0.409. The van der Waals surface area contributed by atoms with Gasteiger partial charge in [-0.05, 0) is 11.6 Å². The molecule has 1 aromatic carbocycles. The second kappa shape index (κ2) is 9.96. The maximum absolute atomic E-state index is 12.7. The van der Waals surface area contributed by atoms with E-state index in [9.17, 15) is 4.79 Å². The lowest BCUT2D eigenvalue weighted by Crippen LogP contribution is -2.41. The maximum atomic E-state index is 12.7. The summed E-state index contributed by atoms with van der Waals surface area (Å²) in [7, 11) is 0. The molecule has 2 aromatic heterocycles. The van der Waals surface area contributed by atoms with Crippen molar-refractivity contribution in [3.63, 3.8) is 0 Å². The molecule has 3 heterocycles. The molecular weight excluding hydrogens is 398 g/mol. The third-order valence-electron chi connectivity index (χ3n) is 5.26. The van der Waals surface area contributed by atoms with Crippen LogP contribution < -0.4 is 5.56 Å². The Labute approximate surface area is 179 Å². The molecule has 1 fully saturated rings. The Bertz CT molecular complexity index is 1070. The second-order valence-electron chi connectivity index (χ2n) is 7.35. The molecule has 0 aliphatic carbocycles. The van der Waals surface area contributed by atoms with E-state index in [1.165, 1.54) is 11.3 Å². The number of rotatable bonds is 8. The molecule has 7 nitrogen and oxygen atoms in total. The van der Waals surface area contributed by atoms with Crippen LogP contribution in [0.4, 0.5) is 0 Å². The Morgan fingerprint density at radius 3 is 2.80 bits per heavy atom. The molecule has 8 heteroatoms. The van der Waals surface area contributed by atoms with Gasteiger partial charge >= 0.3 is 0 Å². The summed E-state index contributed by atoms with van der Waals surface area (Å²) >= 11 is 1.54. The molecule has 0 saturated carbocycles. The molecule has 1 aliphatic rings. The summed E-state index contributed by atoms with van der Waals surface area (Å²) in [6, 6.07) is 14.2. The molecule has 156 valence electrons. The molecular formula is C22H25N5O2S. The van der Waals surface area contributed by atoms with E-state index in [1.54, 1.807) is 0 Å². The molecule has 0 radical (unpaired) electrons. The van der Waals surface area contributed by atoms with Crippen LogP contribution in [0.5, 0.6) is 0 Å². The van der Waals surface area contributed by atoms with Crippen LogP contribution in [0.3, 0.4) is 0 Å². The first-order valence-electron chi connectivity index (χ1n) is 10.2. The molecule has 0 bridgehead atoms. The minimum Gasteiger partial charge on any atom is -0.379 e. The van der Waals surface area contributed by atoms with Gasteiger partial charge in [-0.15, -0.1) is 11.3 Å². The number of hydrogen-bond donors (Lipinski definition) is 1. The Hall–Kier alpha value is -2.57. The van der Waals surface area contributed by atoms with Gasteiger partial charge in [-0.3, -0.25) is 14.6 Å². The van der Waals surface area contributed by atoms with Crippen molar-refractivity contribution >= 4 is 21.6 Å². The summed E-state index contributed by atoms with van der Waals surface area (Å²) in [4.78, 5) is 26.7. The number of nitriles is 1. The Balaban J connectivity index is 1.51. The molecule has 0 unspecified atom stereocenters. The van der Waals surface area contributed by atoms with Gasteiger partial charge in [-0.1, -0.05) is 30.3 Å². The summed E-state index contributed by atoms with van der Waals surface area (Å²) in [6.07, 6.45) is 0.451. The number of morpholine rings is 1. The van der Waals surface area contributed by atoms with Crippen molar-refractivity contribution in [1.29, 1.82) is 5.26 Å². The normalized spacial score (nSPS) is 14.9. The lowest BCUT2D eigenvalue weighted by atomic mass is 10.2. The van der Waals surface area contributed by atoms with E-state index in [2.05, 4.69) is 20.9 Å². The molecule has 1 N–H and O–H groups in total. The topological polar surface area (TPSA) is 85.2 Å². The van der Waals surface area contributed by atoms with E-state index in [0.29, 0.717) is 30.7 Å². The molecule has 0 atom stereocenters. The zero-order valence-corrected chi connectivity index (χ0v) is 17.7. The van der Waals surface area contributed by atoms with E-state index < -0.39 is 0 Å². The number of aromatic amines is 1. The molecule has 4 rings (SSSR count). The van der Waals surface area contributed by atoms with Crippen LogP contribution in [0.25, 0.3) is 20.7 Å². The number of fused-ring (bicyclic) bond motifs is 1. The molecule has 3 aromatic rings. The lowest BCUT2D eigenvalue weighted by Gasteiger charge is -2.29. The summed E-state index contributed by atoms with van der Waals surface area (Å²) in [5.74, 6) is 0.647. The number of H-pyrrole nitrogens is 1. The summed E-state index contributed by atoms with van der Waals surface area (Å²) in [5, 5.41) is 9.64. The van der Waals surface area contributed by atoms with Gasteiger partial charge in [0.1, 0.15) is 10.7 Å². The van der Waals surface area contributed by atoms with Crippen molar-refractivity contribution in [1.82, 2.24) is 19.8 Å². The van der Waals surface area contributed by atoms with E-state index in [-0.39, 0.29) is 5.56 Å². The second-order valence-corrected chi connectivity index (χ2v) is 8.38. The van der Waals surface area contributed by atoms with Crippen LogP contribution in [0.1, 0.15) is 12.2 Å². The standard InChI is InChI=1S/C22H25N5O2S/c23-7-4-8-27(10-9-26-11-13-29-14-12-26)16-20-24-21(28)18-15-19(30-22(18)25-20)17-5-2-1-3-6-17/h1-3,5-6,15H,4,8-14,16H2,(H,24,25,28). The fourth-order valence-electron chi connectivity index (χ4n) is 3.59. The highest BCUT2D eigenvalue weighted by Crippen LogP contribution is 2.30. The molecule has 1 aliphatic heterocycles. The summed E-state index contributed by atoms with van der Waals surface area (Å²) in [6.45, 7) is 6.33. The first-order chi connectivity index (χ1) is 14.7. The molecule has 0 spiro atoms. The predicted molar refractivity (Wildman–Crippen MR) is 118 cm³/mol. The van der Waals surface area contributed by atoms with Crippen molar-refractivity contribution in [2.75, 3.05) is 45.9 Å². The van der Waals surface area contributed by atoms with Crippen molar-refractivity contribution in [3.8, 4) is 16.5 Å². The van der Waals surface area contributed by atoms with E-state index >= 15 is 0 Å². The number of hydrogen-bond acceptors (Lipinski definition) is 7. The number of aromatic nitrogens is 2. The van der Waals surface area contributed by atoms with Gasteiger partial charge in [-0.2, -0.15) is 5.26 Å². The predicted octanol–water partition coefficient (Wildman–Crippen LogP) is 2.70. The van der Waals surface area contributed by atoms with E-state index in [0.717, 1.165) is 54.7 Å². The van der Waals surface area contributed by atoms with Gasteiger partial charge in [0.25, 0.3) is 5.56 Å². The third-order valence-corrected chi connectivity index (χ3v) is 6.34. The van der Waals surface area contributed by atoms with Crippen LogP contribution in [-0.4, -0.2) is 65.7 Å². The average Bonchev–Trinajstić information content (AvgIpc) is 3.22. The van der Waals surface area contributed by atoms with Crippen molar-refractivity contribution < 1.29 is 4.74 Å². The van der Waals surface area contributed by atoms with Crippen molar-refractivity contribution in [2.45, 2.75) is 13.0 Å². The van der Waals surface area contributed by atoms with Crippen LogP contribution in [0, 0.1) is 11.3 Å². The minimum absolute atomic E-state index is 0.109. The number of benzene rings is 1. The monoisotopic (exact) mass is 423 g/mol. The Morgan fingerprint density at radius 2 is 2.03 bits per heavy atom. The third kappa shape index (κ3) is 5.12. The number of nitrogens with zero attached hydrogens (tertiary/aromatic N) is 4. The fourth-order valence-corrected chi connectivity index (χ4v) is 4.65. The zero-order valence-electron chi connectivity index (χ0n) is 16.8. The van der Waals surface area contributed by atoms with Gasteiger partial charge in [0, 0.05) is 44.0 Å². The minimum atomic E-state index is -0.109. The van der Waals surface area contributed by atoms with Crippen molar-refractivity contribution in [3.05, 3.63) is 52.6 Å². The SMILES string of the molecule is N#CCCN(CCN1CCOCC1)Cc1nc2sc(-c3ccccc3)cc2c(=O)[nH]1. The van der Waals surface area contributed by atoms with E-state index in [4.69, 9.17) is 15.0 Å². The van der Waals surface area contributed by atoms with Crippen LogP contribution >= 0.6 is 11.3 Å². The molecule has 0 amide bonds. The summed E-state index contributed by atoms with van der Waals surface area (Å²) in [5.41, 5.74) is 0.976. The highest BCUT2D eigenvalue weighted by atomic mass is 32.1. The van der Waals surface area contributed by atoms with Crippen LogP contribution in [-0.2, 0) is 11.3 Å². The van der Waals surface area contributed by atoms with Gasteiger partial charge in [-0.25, -0.2) is 4.98 Å². The highest BCUT2D eigenvalue weighted by molar-refractivity contribution is 7.21. The highest BCUT2D eigenvalue weighted by Gasteiger charge is 2.15. The van der Waals surface area contributed by atoms with Crippen molar-refractivity contribution in [2.24, 2.45) is 0 Å². The van der Waals surface area contributed by atoms with Crippen LogP contribution in [0.15, 0.2) is 41.2 Å². The van der Waals surface area contributed by atoms with Crippen LogP contribution in [0.2, 0.25) is 0 Å². The average molecular weight is 424 g/mol. The maximum Gasteiger partial charge on any atom is 0.259 e. The first kappa shape index (κ1) is 20.7. The Morgan fingerprint density at radius 1 is 1.23 bits per heavy atom. The Kier molecular flexibility index (Phi) is 6.87. The summed E-state index contributed by atoms with van der Waals surface area (Å²) < 4.78 is 5.41. The largest absolute Gasteiger partial charge is 0.379 e. The lowest BCUT2D eigenvalue weighted by molar-refractivity contribution is 0.0329. The molecule has 30 heavy (non-hydrogen) atoms. The van der Waals surface area contributed by atoms with Gasteiger partial charge < -0.3 is 9.72 Å². The van der Waals surface area contributed by atoms with Gasteiger partial charge in [0.15, 0.2) is 0 Å². The smallest absolute Gasteiger partial charge is 0.259 e. The number of thiophene rings is 1.